The lowest BCUT2D eigenvalue weighted by Crippen LogP contribution is -2.33. The minimum Gasteiger partial charge on any atom is -0.462 e. The van der Waals surface area contributed by atoms with E-state index in [0.29, 0.717) is 18.0 Å². The predicted octanol–water partition coefficient (Wildman–Crippen LogP) is 0.500. The van der Waals surface area contributed by atoms with E-state index in [2.05, 4.69) is 4.99 Å². The second-order valence-corrected chi connectivity index (χ2v) is 3.03. The van der Waals surface area contributed by atoms with Crippen LogP contribution in [0.25, 0.3) is 0 Å². The van der Waals surface area contributed by atoms with Crippen molar-refractivity contribution in [1.29, 1.82) is 0 Å². The Labute approximate surface area is 60.3 Å². The van der Waals surface area contributed by atoms with E-state index in [1.807, 2.05) is 0 Å². The van der Waals surface area contributed by atoms with Gasteiger partial charge in [-0.3, -0.25) is 0 Å². The Morgan fingerprint density at radius 1 is 1.50 bits per heavy atom. The zero-order valence-corrected chi connectivity index (χ0v) is 5.92. The fourth-order valence-corrected chi connectivity index (χ4v) is 1.77. The second kappa shape index (κ2) is 2.15. The van der Waals surface area contributed by atoms with Crippen molar-refractivity contribution >= 4 is 6.02 Å². The topological polar surface area (TPSA) is 47.6 Å². The van der Waals surface area contributed by atoms with Gasteiger partial charge in [0.1, 0.15) is 6.10 Å². The van der Waals surface area contributed by atoms with Crippen molar-refractivity contribution in [3.63, 3.8) is 0 Å². The van der Waals surface area contributed by atoms with Gasteiger partial charge in [-0.2, -0.15) is 0 Å². The number of rotatable bonds is 0. The van der Waals surface area contributed by atoms with E-state index in [4.69, 9.17) is 10.5 Å². The van der Waals surface area contributed by atoms with Gasteiger partial charge in [0.15, 0.2) is 0 Å². The Morgan fingerprint density at radius 3 is 3.30 bits per heavy atom. The van der Waals surface area contributed by atoms with Gasteiger partial charge in [0.25, 0.3) is 6.02 Å². The molecule has 0 radical (unpaired) electrons. The Kier molecular flexibility index (Phi) is 1.29. The molecule has 0 spiro atoms. The lowest BCUT2D eigenvalue weighted by atomic mass is 10.1. The number of hydrogen-bond acceptors (Lipinski definition) is 3. The first kappa shape index (κ1) is 6.01. The molecule has 0 aromatic rings. The van der Waals surface area contributed by atoms with Gasteiger partial charge >= 0.3 is 0 Å². The molecule has 1 heterocycles. The zero-order valence-electron chi connectivity index (χ0n) is 5.92. The summed E-state index contributed by atoms with van der Waals surface area (Å²) < 4.78 is 5.34. The highest BCUT2D eigenvalue weighted by molar-refractivity contribution is 5.72. The van der Waals surface area contributed by atoms with Crippen LogP contribution in [0, 0.1) is 5.92 Å². The van der Waals surface area contributed by atoms with Crippen LogP contribution in [0.15, 0.2) is 4.99 Å². The van der Waals surface area contributed by atoms with Crippen molar-refractivity contribution < 1.29 is 4.74 Å². The summed E-state index contributed by atoms with van der Waals surface area (Å²) in [5.41, 5.74) is 5.42. The summed E-state index contributed by atoms with van der Waals surface area (Å²) in [4.78, 5) is 4.04. The normalized spacial score (nSPS) is 38.2. The van der Waals surface area contributed by atoms with Gasteiger partial charge in [0.05, 0.1) is 6.54 Å². The van der Waals surface area contributed by atoms with E-state index in [0.717, 1.165) is 6.54 Å². The minimum absolute atomic E-state index is 0.387. The van der Waals surface area contributed by atoms with Gasteiger partial charge in [-0.25, -0.2) is 4.99 Å². The van der Waals surface area contributed by atoms with Gasteiger partial charge < -0.3 is 10.5 Å². The highest BCUT2D eigenvalue weighted by Gasteiger charge is 2.31. The monoisotopic (exact) mass is 140 g/mol. The first-order chi connectivity index (χ1) is 4.86. The van der Waals surface area contributed by atoms with Crippen molar-refractivity contribution in [3.05, 3.63) is 0 Å². The van der Waals surface area contributed by atoms with Gasteiger partial charge in [-0.1, -0.05) is 0 Å². The van der Waals surface area contributed by atoms with Crippen LogP contribution in [0.3, 0.4) is 0 Å². The van der Waals surface area contributed by atoms with Crippen LogP contribution in [-0.2, 0) is 4.74 Å². The van der Waals surface area contributed by atoms with Crippen molar-refractivity contribution in [2.45, 2.75) is 25.4 Å². The summed E-state index contributed by atoms with van der Waals surface area (Å²) in [6.45, 7) is 0.885. The fraction of sp³-hybridized carbons (Fsp3) is 0.857. The third-order valence-electron chi connectivity index (χ3n) is 2.34. The first-order valence-electron chi connectivity index (χ1n) is 3.83. The molecular formula is C7H12N2O. The van der Waals surface area contributed by atoms with E-state index >= 15 is 0 Å². The summed E-state index contributed by atoms with van der Waals surface area (Å²) in [6, 6.07) is 0.392. The molecule has 0 amide bonds. The van der Waals surface area contributed by atoms with Gasteiger partial charge in [0.2, 0.25) is 0 Å². The lowest BCUT2D eigenvalue weighted by Gasteiger charge is -2.23. The highest BCUT2D eigenvalue weighted by atomic mass is 16.5. The molecule has 2 N–H and O–H groups in total. The van der Waals surface area contributed by atoms with Crippen LogP contribution < -0.4 is 5.73 Å². The number of aliphatic imine (C=N–C) groups is 1. The Balaban J connectivity index is 2.08. The van der Waals surface area contributed by atoms with Gasteiger partial charge in [-0.15, -0.1) is 0 Å². The molecule has 1 fully saturated rings. The summed E-state index contributed by atoms with van der Waals surface area (Å²) in [5.74, 6) is 0.660. The Bertz CT molecular complexity index is 167. The molecule has 3 heteroatoms. The van der Waals surface area contributed by atoms with Crippen LogP contribution in [-0.4, -0.2) is 18.7 Å². The van der Waals surface area contributed by atoms with E-state index < -0.39 is 0 Å². The largest absolute Gasteiger partial charge is 0.462 e. The van der Waals surface area contributed by atoms with Crippen LogP contribution in [0.4, 0.5) is 0 Å². The Morgan fingerprint density at radius 2 is 2.40 bits per heavy atom. The van der Waals surface area contributed by atoms with Crippen molar-refractivity contribution in [2.75, 3.05) is 6.54 Å². The number of amidine groups is 1. The van der Waals surface area contributed by atoms with Crippen molar-refractivity contribution in [1.82, 2.24) is 0 Å². The van der Waals surface area contributed by atoms with E-state index in [9.17, 15) is 0 Å². The van der Waals surface area contributed by atoms with E-state index in [1.165, 1.54) is 19.3 Å². The highest BCUT2D eigenvalue weighted by Crippen LogP contribution is 2.30. The maximum Gasteiger partial charge on any atom is 0.282 e. The van der Waals surface area contributed by atoms with Crippen LogP contribution in [0.2, 0.25) is 0 Å². The second-order valence-electron chi connectivity index (χ2n) is 3.03. The molecule has 2 unspecified atom stereocenters. The number of fused-ring (bicyclic) bond motifs is 1. The molecule has 0 aromatic carbocycles. The molecule has 0 aromatic heterocycles. The zero-order chi connectivity index (χ0) is 6.97. The summed E-state index contributed by atoms with van der Waals surface area (Å²) >= 11 is 0. The van der Waals surface area contributed by atoms with Gasteiger partial charge in [-0.05, 0) is 19.3 Å². The van der Waals surface area contributed by atoms with Crippen LogP contribution >= 0.6 is 0 Å². The molecule has 56 valence electrons. The molecule has 3 nitrogen and oxygen atoms in total. The summed E-state index contributed by atoms with van der Waals surface area (Å²) in [5, 5.41) is 0. The van der Waals surface area contributed by atoms with Gasteiger partial charge in [0, 0.05) is 5.92 Å². The summed E-state index contributed by atoms with van der Waals surface area (Å²) in [7, 11) is 0. The average Bonchev–Trinajstić information content (AvgIpc) is 2.33. The number of nitrogens with zero attached hydrogens (tertiary/aromatic N) is 1. The third kappa shape index (κ3) is 0.856. The Hall–Kier alpha value is -0.730. The first-order valence-corrected chi connectivity index (χ1v) is 3.83. The predicted molar refractivity (Wildman–Crippen MR) is 38.7 cm³/mol. The minimum atomic E-state index is 0.387. The van der Waals surface area contributed by atoms with Crippen LogP contribution in [0.5, 0.6) is 0 Å². The molecule has 2 atom stereocenters. The number of hydrogen-bond donors (Lipinski definition) is 1. The van der Waals surface area contributed by atoms with Crippen LogP contribution in [0.1, 0.15) is 19.3 Å². The maximum atomic E-state index is 5.42. The molecule has 1 saturated carbocycles. The SMILES string of the molecule is NC1=NCC2CCCC2O1. The quantitative estimate of drug-likeness (QED) is 0.532. The molecule has 0 bridgehead atoms. The molecular weight excluding hydrogens is 128 g/mol. The standard InChI is InChI=1S/C7H12N2O/c8-7-9-4-5-2-1-3-6(5)10-7/h5-6H,1-4H2,(H2,8,9). The molecule has 10 heavy (non-hydrogen) atoms. The smallest absolute Gasteiger partial charge is 0.282 e. The van der Waals surface area contributed by atoms with Crippen molar-refractivity contribution in [2.24, 2.45) is 16.6 Å². The summed E-state index contributed by atoms with van der Waals surface area (Å²) in [6.07, 6.45) is 4.10. The van der Waals surface area contributed by atoms with E-state index in [-0.39, 0.29) is 0 Å². The molecule has 2 rings (SSSR count). The fourth-order valence-electron chi connectivity index (χ4n) is 1.77. The molecule has 1 aliphatic carbocycles. The molecule has 2 aliphatic rings. The van der Waals surface area contributed by atoms with E-state index in [1.54, 1.807) is 0 Å². The lowest BCUT2D eigenvalue weighted by molar-refractivity contribution is 0.130. The molecule has 0 saturated heterocycles. The number of nitrogens with two attached hydrogens (primary N) is 1. The number of ether oxygens (including phenoxy) is 1. The average molecular weight is 140 g/mol. The van der Waals surface area contributed by atoms with Crippen molar-refractivity contribution in [3.8, 4) is 0 Å². The molecule has 1 aliphatic heterocycles. The maximum absolute atomic E-state index is 5.42. The third-order valence-corrected chi connectivity index (χ3v) is 2.34.